The van der Waals surface area contributed by atoms with Crippen LogP contribution >= 0.6 is 22.7 Å². The van der Waals surface area contributed by atoms with Crippen molar-refractivity contribution < 1.29 is 4.74 Å². The van der Waals surface area contributed by atoms with Crippen LogP contribution < -0.4 is 14.8 Å². The molecule has 4 aromatic heterocycles. The van der Waals surface area contributed by atoms with Gasteiger partial charge in [0.2, 0.25) is 4.96 Å². The lowest BCUT2D eigenvalue weighted by Gasteiger charge is -2.08. The Labute approximate surface area is 239 Å². The highest BCUT2D eigenvalue weighted by Crippen LogP contribution is 2.27. The van der Waals surface area contributed by atoms with Crippen molar-refractivity contribution >= 4 is 45.9 Å². The van der Waals surface area contributed by atoms with Gasteiger partial charge in [0, 0.05) is 22.2 Å². The number of hydrogen-bond donors (Lipinski definition) is 0. The predicted molar refractivity (Wildman–Crippen MR) is 163 cm³/mol. The first-order chi connectivity index (χ1) is 19.5. The molecule has 0 atom stereocenters. The minimum atomic E-state index is -0.199. The topological polar surface area (TPSA) is 74.3 Å². The Balaban J connectivity index is 1.35. The number of nitrogens with zero attached hydrogens (tertiary/aromatic N) is 5. The number of benzene rings is 2. The van der Waals surface area contributed by atoms with Crippen LogP contribution in [0.5, 0.6) is 5.75 Å². The van der Waals surface area contributed by atoms with E-state index >= 15 is 0 Å². The minimum absolute atomic E-state index is 0.199. The van der Waals surface area contributed by atoms with Gasteiger partial charge in [-0.25, -0.2) is 4.68 Å². The Kier molecular flexibility index (Phi) is 7.39. The van der Waals surface area contributed by atoms with Gasteiger partial charge in [-0.05, 0) is 78.4 Å². The molecule has 0 saturated carbocycles. The first-order valence-electron chi connectivity index (χ1n) is 13.0. The van der Waals surface area contributed by atoms with Crippen LogP contribution in [0.4, 0.5) is 0 Å². The van der Waals surface area contributed by atoms with E-state index in [1.165, 1.54) is 15.9 Å². The van der Waals surface area contributed by atoms with Crippen LogP contribution in [0.25, 0.3) is 40.1 Å². The summed E-state index contributed by atoms with van der Waals surface area (Å²) in [7, 11) is 0. The van der Waals surface area contributed by atoms with E-state index in [4.69, 9.17) is 9.84 Å². The third-order valence-electron chi connectivity index (χ3n) is 6.28. The summed E-state index contributed by atoms with van der Waals surface area (Å²) in [5.41, 5.74) is 3.28. The monoisotopic (exact) mass is 565 g/mol. The molecule has 40 heavy (non-hydrogen) atoms. The number of ether oxygens (including phenoxy) is 1. The molecule has 0 aliphatic rings. The standard InChI is InChI=1S/C31H27N5O2S2/c1-21(2)16-17-38-25-12-10-22(11-13-25)29-23(20-35(34-29)24-7-4-3-5-8-24)19-27-30(37)36-31(40-27)32-28(33-36)15-14-26-9-6-18-39-26/h3-15,18-21H,16-17H2,1-2H3/b15-14+,27-19-. The van der Waals surface area contributed by atoms with Crippen LogP contribution in [-0.4, -0.2) is 31.0 Å². The van der Waals surface area contributed by atoms with Crippen molar-refractivity contribution in [2.75, 3.05) is 6.61 Å². The molecule has 200 valence electrons. The Morgan fingerprint density at radius 3 is 2.52 bits per heavy atom. The van der Waals surface area contributed by atoms with Gasteiger partial charge in [0.1, 0.15) is 11.4 Å². The summed E-state index contributed by atoms with van der Waals surface area (Å²) in [6.45, 7) is 5.06. The number of hydrogen-bond acceptors (Lipinski definition) is 7. The number of fused-ring (bicyclic) bond motifs is 1. The lowest BCUT2D eigenvalue weighted by Crippen LogP contribution is -2.23. The molecule has 6 rings (SSSR count). The zero-order chi connectivity index (χ0) is 27.5. The normalized spacial score (nSPS) is 12.3. The highest BCUT2D eigenvalue weighted by Gasteiger charge is 2.14. The van der Waals surface area contributed by atoms with E-state index in [0.29, 0.717) is 27.8 Å². The molecule has 7 nitrogen and oxygen atoms in total. The highest BCUT2D eigenvalue weighted by atomic mass is 32.1. The highest BCUT2D eigenvalue weighted by molar-refractivity contribution is 7.15. The fourth-order valence-electron chi connectivity index (χ4n) is 4.16. The van der Waals surface area contributed by atoms with Gasteiger partial charge in [-0.3, -0.25) is 4.79 Å². The summed E-state index contributed by atoms with van der Waals surface area (Å²) in [6.07, 6.45) is 8.60. The second-order valence-corrected chi connectivity index (χ2v) is 11.7. The Hall–Kier alpha value is -4.34. The van der Waals surface area contributed by atoms with Gasteiger partial charge < -0.3 is 4.74 Å². The van der Waals surface area contributed by atoms with Crippen LogP contribution in [0.3, 0.4) is 0 Å². The molecule has 2 aromatic carbocycles. The van der Waals surface area contributed by atoms with E-state index in [2.05, 4.69) is 23.9 Å². The molecular formula is C31H27N5O2S2. The smallest absolute Gasteiger partial charge is 0.291 e. The lowest BCUT2D eigenvalue weighted by atomic mass is 10.1. The first-order valence-corrected chi connectivity index (χ1v) is 14.7. The van der Waals surface area contributed by atoms with Crippen LogP contribution in [0.15, 0.2) is 83.1 Å². The average molecular weight is 566 g/mol. The van der Waals surface area contributed by atoms with Gasteiger partial charge in [-0.1, -0.05) is 49.4 Å². The molecule has 9 heteroatoms. The third-order valence-corrected chi connectivity index (χ3v) is 8.08. The molecule has 0 spiro atoms. The summed E-state index contributed by atoms with van der Waals surface area (Å²) >= 11 is 2.95. The zero-order valence-electron chi connectivity index (χ0n) is 22.1. The molecule has 0 aliphatic heterocycles. The fraction of sp³-hybridized carbons (Fsp3) is 0.161. The molecule has 0 radical (unpaired) electrons. The summed E-state index contributed by atoms with van der Waals surface area (Å²) in [4.78, 5) is 19.5. The van der Waals surface area contributed by atoms with Gasteiger partial charge in [-0.2, -0.15) is 14.6 Å². The summed E-state index contributed by atoms with van der Waals surface area (Å²) in [5, 5.41) is 11.3. The molecule has 0 saturated heterocycles. The van der Waals surface area contributed by atoms with Crippen molar-refractivity contribution in [3.05, 3.63) is 109 Å². The number of aromatic nitrogens is 5. The molecule has 0 N–H and O–H groups in total. The minimum Gasteiger partial charge on any atom is -0.494 e. The molecule has 6 aromatic rings. The van der Waals surface area contributed by atoms with Crippen molar-refractivity contribution in [2.24, 2.45) is 5.92 Å². The largest absolute Gasteiger partial charge is 0.494 e. The number of para-hydroxylation sites is 1. The summed E-state index contributed by atoms with van der Waals surface area (Å²) in [6, 6.07) is 21.9. The molecule has 0 unspecified atom stereocenters. The third kappa shape index (κ3) is 5.66. The quantitative estimate of drug-likeness (QED) is 0.208. The van der Waals surface area contributed by atoms with Crippen molar-refractivity contribution in [2.45, 2.75) is 20.3 Å². The van der Waals surface area contributed by atoms with Crippen LogP contribution in [0.1, 0.15) is 36.5 Å². The maximum atomic E-state index is 13.3. The fourth-order valence-corrected chi connectivity index (χ4v) is 5.68. The molecule has 0 amide bonds. The maximum absolute atomic E-state index is 13.3. The van der Waals surface area contributed by atoms with Crippen molar-refractivity contribution in [3.8, 4) is 22.7 Å². The van der Waals surface area contributed by atoms with Crippen LogP contribution in [0.2, 0.25) is 0 Å². The average Bonchev–Trinajstić information content (AvgIpc) is 3.75. The molecule has 4 heterocycles. The molecule has 0 aliphatic carbocycles. The SMILES string of the molecule is CC(C)CCOc1ccc(-c2nn(-c3ccccc3)cc2/C=c2\sc3nc(/C=C/c4cccs4)nn3c2=O)cc1. The van der Waals surface area contributed by atoms with E-state index in [9.17, 15) is 4.79 Å². The Morgan fingerprint density at radius 2 is 1.80 bits per heavy atom. The summed E-state index contributed by atoms with van der Waals surface area (Å²) < 4.78 is 9.66. The number of thiophene rings is 1. The van der Waals surface area contributed by atoms with E-state index in [1.807, 2.05) is 101 Å². The number of thiazole rings is 1. The zero-order valence-corrected chi connectivity index (χ0v) is 23.7. The van der Waals surface area contributed by atoms with Gasteiger partial charge >= 0.3 is 0 Å². The second-order valence-electron chi connectivity index (χ2n) is 9.70. The van der Waals surface area contributed by atoms with E-state index in [1.54, 1.807) is 11.3 Å². The van der Waals surface area contributed by atoms with Crippen molar-refractivity contribution in [1.29, 1.82) is 0 Å². The second kappa shape index (κ2) is 11.4. The van der Waals surface area contributed by atoms with Gasteiger partial charge in [-0.15, -0.1) is 16.4 Å². The van der Waals surface area contributed by atoms with Gasteiger partial charge in [0.25, 0.3) is 5.56 Å². The lowest BCUT2D eigenvalue weighted by molar-refractivity contribution is 0.289. The van der Waals surface area contributed by atoms with Crippen LogP contribution in [-0.2, 0) is 0 Å². The van der Waals surface area contributed by atoms with Crippen LogP contribution in [0, 0.1) is 5.92 Å². The van der Waals surface area contributed by atoms with Gasteiger partial charge in [0.05, 0.1) is 16.8 Å². The van der Waals surface area contributed by atoms with E-state index < -0.39 is 0 Å². The predicted octanol–water partition coefficient (Wildman–Crippen LogP) is 6.21. The maximum Gasteiger partial charge on any atom is 0.291 e. The van der Waals surface area contributed by atoms with E-state index in [-0.39, 0.29) is 5.56 Å². The van der Waals surface area contributed by atoms with Gasteiger partial charge in [0.15, 0.2) is 5.82 Å². The van der Waals surface area contributed by atoms with Crippen molar-refractivity contribution in [3.63, 3.8) is 0 Å². The Bertz CT molecular complexity index is 1870. The van der Waals surface area contributed by atoms with Crippen molar-refractivity contribution in [1.82, 2.24) is 24.4 Å². The molecular weight excluding hydrogens is 539 g/mol. The first kappa shape index (κ1) is 25.9. The Morgan fingerprint density at radius 1 is 0.975 bits per heavy atom. The molecule has 0 fully saturated rings. The number of rotatable bonds is 9. The summed E-state index contributed by atoms with van der Waals surface area (Å²) in [5.74, 6) is 1.93. The molecule has 0 bridgehead atoms. The van der Waals surface area contributed by atoms with E-state index in [0.717, 1.165) is 39.6 Å².